The smallest absolute Gasteiger partial charge is 0.0121 e. The Morgan fingerprint density at radius 1 is 1.42 bits per heavy atom. The van der Waals surface area contributed by atoms with Crippen LogP contribution in [0.15, 0.2) is 0 Å². The monoisotopic (exact) mass is 279 g/mol. The van der Waals surface area contributed by atoms with Crippen molar-refractivity contribution in [3.63, 3.8) is 0 Å². The molecule has 70 valence electrons. The number of likely N-dealkylation sites (tertiary alicyclic amines) is 1. The highest BCUT2D eigenvalue weighted by Gasteiger charge is 2.47. The Kier molecular flexibility index (Phi) is 2.41. The molecule has 1 saturated heterocycles. The maximum Gasteiger partial charge on any atom is 0.0121 e. The number of hydrogen-bond donors (Lipinski definition) is 0. The summed E-state index contributed by atoms with van der Waals surface area (Å²) in [6.45, 7) is 7.36. The van der Waals surface area contributed by atoms with Crippen molar-refractivity contribution >= 4 is 22.6 Å². The maximum absolute atomic E-state index is 2.64. The van der Waals surface area contributed by atoms with E-state index in [1.165, 1.54) is 32.4 Å². The molecule has 12 heavy (non-hydrogen) atoms. The molecule has 2 fully saturated rings. The molecule has 1 nitrogen and oxygen atoms in total. The summed E-state index contributed by atoms with van der Waals surface area (Å²) in [7, 11) is 0. The molecule has 1 aliphatic heterocycles. The van der Waals surface area contributed by atoms with Crippen molar-refractivity contribution in [3.05, 3.63) is 0 Å². The van der Waals surface area contributed by atoms with Crippen molar-refractivity contribution in [3.8, 4) is 0 Å². The van der Waals surface area contributed by atoms with Crippen molar-refractivity contribution in [2.75, 3.05) is 13.1 Å². The molecule has 0 aromatic carbocycles. The number of nitrogens with zero attached hydrogens (tertiary/aromatic N) is 1. The van der Waals surface area contributed by atoms with Crippen LogP contribution in [0, 0.1) is 5.41 Å². The van der Waals surface area contributed by atoms with E-state index in [-0.39, 0.29) is 0 Å². The Morgan fingerprint density at radius 2 is 2.08 bits per heavy atom. The molecule has 0 radical (unpaired) electrons. The highest BCUT2D eigenvalue weighted by molar-refractivity contribution is 14.1. The fourth-order valence-corrected chi connectivity index (χ4v) is 4.49. The Hall–Kier alpha value is 0.690. The Labute approximate surface area is 89.0 Å². The zero-order valence-corrected chi connectivity index (χ0v) is 10.2. The van der Waals surface area contributed by atoms with Crippen molar-refractivity contribution in [1.29, 1.82) is 0 Å². The van der Waals surface area contributed by atoms with Gasteiger partial charge in [0.2, 0.25) is 0 Å². The summed E-state index contributed by atoms with van der Waals surface area (Å²) in [5, 5.41) is 0. The largest absolute Gasteiger partial charge is 0.300 e. The normalized spacial score (nSPS) is 42.5. The first-order valence-electron chi connectivity index (χ1n) is 4.99. The van der Waals surface area contributed by atoms with E-state index < -0.39 is 0 Å². The minimum Gasteiger partial charge on any atom is -0.300 e. The van der Waals surface area contributed by atoms with Crippen molar-refractivity contribution in [1.82, 2.24) is 4.90 Å². The summed E-state index contributed by atoms with van der Waals surface area (Å²) in [6, 6.07) is 0.762. The predicted molar refractivity (Wildman–Crippen MR) is 60.8 cm³/mol. The third-order valence-corrected chi connectivity index (χ3v) is 4.39. The quantitative estimate of drug-likeness (QED) is 0.527. The van der Waals surface area contributed by atoms with Crippen molar-refractivity contribution < 1.29 is 0 Å². The first-order chi connectivity index (χ1) is 5.61. The van der Waals surface area contributed by atoms with Crippen LogP contribution in [0.4, 0.5) is 0 Å². The van der Waals surface area contributed by atoms with E-state index >= 15 is 0 Å². The first kappa shape index (κ1) is 9.25. The van der Waals surface area contributed by atoms with Gasteiger partial charge in [-0.05, 0) is 45.1 Å². The second-order valence-corrected chi connectivity index (χ2v) is 6.58. The van der Waals surface area contributed by atoms with Crippen molar-refractivity contribution in [2.24, 2.45) is 5.41 Å². The summed E-state index contributed by atoms with van der Waals surface area (Å²) in [6.07, 6.45) is 4.43. The molecular weight excluding hydrogens is 261 g/mol. The Bertz CT molecular complexity index is 173. The van der Waals surface area contributed by atoms with Crippen LogP contribution in [-0.2, 0) is 0 Å². The maximum atomic E-state index is 2.64. The third-order valence-electron chi connectivity index (χ3n) is 3.51. The number of alkyl halides is 1. The van der Waals surface area contributed by atoms with E-state index in [0.717, 1.165) is 15.4 Å². The SMILES string of the molecule is CC(C)N1CCC2(CC(I)C2)C1. The molecule has 0 atom stereocenters. The van der Waals surface area contributed by atoms with E-state index in [2.05, 4.69) is 41.3 Å². The van der Waals surface area contributed by atoms with Gasteiger partial charge in [0.1, 0.15) is 0 Å². The highest BCUT2D eigenvalue weighted by Crippen LogP contribution is 2.51. The third kappa shape index (κ3) is 1.52. The Morgan fingerprint density at radius 3 is 2.50 bits per heavy atom. The molecular formula is C10H18IN. The average molecular weight is 279 g/mol. The van der Waals surface area contributed by atoms with Crippen LogP contribution in [0.25, 0.3) is 0 Å². The van der Waals surface area contributed by atoms with Gasteiger partial charge >= 0.3 is 0 Å². The van der Waals surface area contributed by atoms with Gasteiger partial charge in [-0.15, -0.1) is 0 Å². The molecule has 1 aliphatic carbocycles. The second kappa shape index (κ2) is 3.12. The van der Waals surface area contributed by atoms with Gasteiger partial charge in [0, 0.05) is 16.5 Å². The van der Waals surface area contributed by atoms with Gasteiger partial charge in [0.15, 0.2) is 0 Å². The lowest BCUT2D eigenvalue weighted by atomic mass is 9.68. The summed E-state index contributed by atoms with van der Waals surface area (Å²) in [5.74, 6) is 0. The molecule has 1 heterocycles. The zero-order chi connectivity index (χ0) is 8.77. The van der Waals surface area contributed by atoms with E-state index in [9.17, 15) is 0 Å². The standard InChI is InChI=1S/C10H18IN/c1-8(2)12-4-3-10(7-12)5-9(11)6-10/h8-9H,3-7H2,1-2H3. The summed E-state index contributed by atoms with van der Waals surface area (Å²) in [5.41, 5.74) is 0.760. The number of hydrogen-bond acceptors (Lipinski definition) is 1. The first-order valence-corrected chi connectivity index (χ1v) is 6.24. The molecule has 2 rings (SSSR count). The fourth-order valence-electron chi connectivity index (χ4n) is 2.62. The minimum atomic E-state index is 0.760. The van der Waals surface area contributed by atoms with Crippen LogP contribution in [0.2, 0.25) is 0 Å². The van der Waals surface area contributed by atoms with E-state index in [0.29, 0.717) is 0 Å². The molecule has 0 bridgehead atoms. The van der Waals surface area contributed by atoms with Gasteiger partial charge in [-0.3, -0.25) is 0 Å². The Balaban J connectivity index is 1.90. The van der Waals surface area contributed by atoms with Gasteiger partial charge in [-0.2, -0.15) is 0 Å². The molecule has 0 unspecified atom stereocenters. The van der Waals surface area contributed by atoms with Crippen LogP contribution in [-0.4, -0.2) is 28.0 Å². The second-order valence-electron chi connectivity index (χ2n) is 4.82. The van der Waals surface area contributed by atoms with Crippen LogP contribution in [0.1, 0.15) is 33.1 Å². The van der Waals surface area contributed by atoms with E-state index in [1.54, 1.807) is 0 Å². The molecule has 1 saturated carbocycles. The molecule has 1 spiro atoms. The van der Waals surface area contributed by atoms with Gasteiger partial charge < -0.3 is 4.90 Å². The number of rotatable bonds is 1. The van der Waals surface area contributed by atoms with Crippen LogP contribution >= 0.6 is 22.6 Å². The number of halogens is 1. The van der Waals surface area contributed by atoms with Gasteiger partial charge in [0.05, 0.1) is 0 Å². The minimum absolute atomic E-state index is 0.760. The summed E-state index contributed by atoms with van der Waals surface area (Å²) >= 11 is 2.60. The predicted octanol–water partition coefficient (Wildman–Crippen LogP) is 2.68. The molecule has 0 aromatic rings. The summed E-state index contributed by atoms with van der Waals surface area (Å²) < 4.78 is 0.981. The van der Waals surface area contributed by atoms with E-state index in [4.69, 9.17) is 0 Å². The molecule has 2 heteroatoms. The van der Waals surface area contributed by atoms with Crippen molar-refractivity contribution in [2.45, 2.75) is 43.1 Å². The summed E-state index contributed by atoms with van der Waals surface area (Å²) in [4.78, 5) is 2.64. The lowest BCUT2D eigenvalue weighted by Crippen LogP contribution is -2.41. The van der Waals surface area contributed by atoms with Crippen LogP contribution < -0.4 is 0 Å². The highest BCUT2D eigenvalue weighted by atomic mass is 127. The average Bonchev–Trinajstić information content (AvgIpc) is 2.31. The topological polar surface area (TPSA) is 3.24 Å². The van der Waals surface area contributed by atoms with Crippen LogP contribution in [0.5, 0.6) is 0 Å². The molecule has 0 N–H and O–H groups in total. The van der Waals surface area contributed by atoms with E-state index in [1.807, 2.05) is 0 Å². The van der Waals surface area contributed by atoms with Gasteiger partial charge in [-0.25, -0.2) is 0 Å². The van der Waals surface area contributed by atoms with Gasteiger partial charge in [-0.1, -0.05) is 22.6 Å². The molecule has 2 aliphatic rings. The fraction of sp³-hybridized carbons (Fsp3) is 1.00. The van der Waals surface area contributed by atoms with Crippen LogP contribution in [0.3, 0.4) is 0 Å². The lowest BCUT2D eigenvalue weighted by Gasteiger charge is -2.43. The zero-order valence-electron chi connectivity index (χ0n) is 8.02. The molecule has 0 amide bonds. The van der Waals surface area contributed by atoms with Gasteiger partial charge in [0.25, 0.3) is 0 Å². The lowest BCUT2D eigenvalue weighted by molar-refractivity contribution is 0.143. The molecule has 0 aromatic heterocycles.